The number of hydrogen-bond acceptors (Lipinski definition) is 4. The van der Waals surface area contributed by atoms with Gasteiger partial charge in [0.1, 0.15) is 0 Å². The monoisotopic (exact) mass is 401 g/mol. The highest BCUT2D eigenvalue weighted by Crippen LogP contribution is 2.32. The first-order chi connectivity index (χ1) is 12.1. The number of hydrogen-bond donors (Lipinski definition) is 2. The highest BCUT2D eigenvalue weighted by atomic mass is 32.2. The van der Waals surface area contributed by atoms with Gasteiger partial charge in [0.05, 0.1) is 10.6 Å². The van der Waals surface area contributed by atoms with Gasteiger partial charge in [0.25, 0.3) is 10.1 Å². The average Bonchev–Trinajstić information content (AvgIpc) is 3.31. The summed E-state index contributed by atoms with van der Waals surface area (Å²) < 4.78 is 59.7. The van der Waals surface area contributed by atoms with E-state index in [-0.39, 0.29) is 16.7 Å². The summed E-state index contributed by atoms with van der Waals surface area (Å²) in [7, 11) is -7.42. The summed E-state index contributed by atoms with van der Waals surface area (Å²) in [5.41, 5.74) is 1.60. The van der Waals surface area contributed by atoms with E-state index in [4.69, 9.17) is 0 Å². The van der Waals surface area contributed by atoms with Crippen molar-refractivity contribution in [1.29, 1.82) is 0 Å². The molecule has 0 bridgehead atoms. The maximum atomic E-state index is 12.1. The molecular weight excluding hydrogens is 374 g/mol. The molecule has 0 atom stereocenters. The lowest BCUT2D eigenvalue weighted by Gasteiger charge is -2.29. The molecule has 0 unspecified atom stereocenters. The Balaban J connectivity index is 1.58. The van der Waals surface area contributed by atoms with Gasteiger partial charge in [-0.3, -0.25) is 4.55 Å². The molecule has 2 aliphatic rings. The predicted octanol–water partition coefficient (Wildman–Crippen LogP) is 2.67. The number of aryl methyl sites for hydroxylation is 1. The maximum absolute atomic E-state index is 12.1. The molecule has 0 aliphatic heterocycles. The zero-order valence-electron chi connectivity index (χ0n) is 15.0. The van der Waals surface area contributed by atoms with Gasteiger partial charge in [-0.1, -0.05) is 17.7 Å². The van der Waals surface area contributed by atoms with Crippen LogP contribution in [0.25, 0.3) is 0 Å². The normalized spacial score (nSPS) is 24.5. The fourth-order valence-corrected chi connectivity index (χ4v) is 6.32. The number of nitrogens with one attached hydrogen (secondary N) is 1. The van der Waals surface area contributed by atoms with E-state index in [0.717, 1.165) is 44.1 Å². The predicted molar refractivity (Wildman–Crippen MR) is 100 cm³/mol. The van der Waals surface area contributed by atoms with Gasteiger partial charge in [-0.15, -0.1) is 0 Å². The molecule has 0 aromatic heterocycles. The third-order valence-corrected chi connectivity index (χ3v) is 7.90. The number of benzene rings is 1. The fourth-order valence-electron chi connectivity index (χ4n) is 3.81. The molecule has 0 saturated heterocycles. The molecule has 1 aromatic rings. The van der Waals surface area contributed by atoms with Gasteiger partial charge in [-0.2, -0.15) is 8.42 Å². The fraction of sp³-hybridized carbons (Fsp3) is 0.667. The van der Waals surface area contributed by atoms with Gasteiger partial charge in [0.2, 0.25) is 10.0 Å². The van der Waals surface area contributed by atoms with Crippen LogP contribution in [-0.2, 0) is 26.6 Å². The van der Waals surface area contributed by atoms with Crippen LogP contribution < -0.4 is 4.72 Å². The Morgan fingerprint density at radius 3 is 2.19 bits per heavy atom. The van der Waals surface area contributed by atoms with E-state index in [0.29, 0.717) is 23.8 Å². The van der Waals surface area contributed by atoms with Crippen LogP contribution >= 0.6 is 0 Å². The molecule has 26 heavy (non-hydrogen) atoms. The van der Waals surface area contributed by atoms with Gasteiger partial charge < -0.3 is 0 Å². The van der Waals surface area contributed by atoms with E-state index in [1.54, 1.807) is 6.07 Å². The molecule has 2 fully saturated rings. The van der Waals surface area contributed by atoms with Crippen LogP contribution in [0.2, 0.25) is 0 Å². The molecule has 2 N–H and O–H groups in total. The Labute approximate surface area is 156 Å². The van der Waals surface area contributed by atoms with E-state index >= 15 is 0 Å². The minimum Gasteiger partial charge on any atom is -0.282 e. The third-order valence-electron chi connectivity index (χ3n) is 5.35. The summed E-state index contributed by atoms with van der Waals surface area (Å²) in [6.07, 6.45) is 5.83. The summed E-state index contributed by atoms with van der Waals surface area (Å²) in [5.74, 6) is 0.874. The molecule has 2 saturated carbocycles. The van der Waals surface area contributed by atoms with Crippen molar-refractivity contribution < 1.29 is 21.4 Å². The van der Waals surface area contributed by atoms with E-state index in [1.165, 1.54) is 6.07 Å². The van der Waals surface area contributed by atoms with Crippen molar-refractivity contribution in [1.82, 2.24) is 4.72 Å². The minimum absolute atomic E-state index is 0.0182. The highest BCUT2D eigenvalue weighted by Gasteiger charge is 2.31. The van der Waals surface area contributed by atoms with Crippen LogP contribution in [0.5, 0.6) is 0 Å². The molecule has 0 amide bonds. The van der Waals surface area contributed by atoms with Gasteiger partial charge in [-0.05, 0) is 75.3 Å². The average molecular weight is 402 g/mol. The first-order valence-corrected chi connectivity index (χ1v) is 12.3. The summed E-state index contributed by atoms with van der Waals surface area (Å²) in [6, 6.07) is 4.93. The van der Waals surface area contributed by atoms with Gasteiger partial charge in [0, 0.05) is 6.04 Å². The molecule has 146 valence electrons. The van der Waals surface area contributed by atoms with Crippen LogP contribution in [0.1, 0.15) is 49.7 Å². The summed E-state index contributed by atoms with van der Waals surface area (Å²) >= 11 is 0. The van der Waals surface area contributed by atoms with Crippen LogP contribution in [0.15, 0.2) is 23.1 Å². The van der Waals surface area contributed by atoms with Crippen molar-refractivity contribution >= 4 is 20.1 Å². The van der Waals surface area contributed by atoms with E-state index < -0.39 is 20.1 Å². The molecule has 0 radical (unpaired) electrons. The van der Waals surface area contributed by atoms with Gasteiger partial charge >= 0.3 is 0 Å². The van der Waals surface area contributed by atoms with Crippen LogP contribution in [0.4, 0.5) is 0 Å². The van der Waals surface area contributed by atoms with Gasteiger partial charge in [-0.25, -0.2) is 13.1 Å². The second kappa shape index (κ2) is 7.58. The lowest BCUT2D eigenvalue weighted by molar-refractivity contribution is 0.310. The Kier molecular flexibility index (Phi) is 5.77. The van der Waals surface area contributed by atoms with Crippen molar-refractivity contribution in [2.75, 3.05) is 5.75 Å². The topological polar surface area (TPSA) is 101 Å². The molecule has 3 rings (SSSR count). The smallest absolute Gasteiger partial charge is 0.282 e. The van der Waals surface area contributed by atoms with Crippen molar-refractivity contribution in [2.24, 2.45) is 11.8 Å². The molecule has 0 spiro atoms. The second-order valence-corrected chi connectivity index (χ2v) is 11.0. The van der Waals surface area contributed by atoms with Crippen LogP contribution in [0.3, 0.4) is 0 Å². The largest absolute Gasteiger partial charge is 0.294 e. The first-order valence-electron chi connectivity index (χ1n) is 9.19. The Bertz CT molecular complexity index is 852. The Hall–Kier alpha value is -0.960. The third kappa shape index (κ3) is 5.52. The molecule has 2 aliphatic carbocycles. The van der Waals surface area contributed by atoms with E-state index in [1.807, 2.05) is 13.0 Å². The van der Waals surface area contributed by atoms with E-state index in [2.05, 4.69) is 4.72 Å². The zero-order valence-corrected chi connectivity index (χ0v) is 16.7. The van der Waals surface area contributed by atoms with Crippen LogP contribution in [-0.4, -0.2) is 33.2 Å². The van der Waals surface area contributed by atoms with Crippen molar-refractivity contribution in [3.63, 3.8) is 0 Å². The van der Waals surface area contributed by atoms with Crippen LogP contribution in [0, 0.1) is 18.8 Å². The minimum atomic E-state index is -4.23. The van der Waals surface area contributed by atoms with Crippen molar-refractivity contribution in [3.8, 4) is 0 Å². The van der Waals surface area contributed by atoms with Crippen molar-refractivity contribution in [3.05, 3.63) is 29.3 Å². The lowest BCUT2D eigenvalue weighted by atomic mass is 9.82. The maximum Gasteiger partial charge on any atom is 0.294 e. The number of rotatable bonds is 7. The standard InChI is InChI=1S/C18H27NO5S2/c1-13-2-9-18(26(22,23)24)16(10-13)11-14-5-7-17(8-6-14)19-25(20,21)12-15-3-4-15/h2,9-10,14-15,17,19H,3-8,11-12H2,1H3,(H,22,23,24). The first kappa shape index (κ1) is 19.8. The Morgan fingerprint density at radius 2 is 1.62 bits per heavy atom. The molecule has 0 heterocycles. The molecule has 6 nitrogen and oxygen atoms in total. The molecule has 1 aromatic carbocycles. The zero-order chi connectivity index (χ0) is 18.9. The SMILES string of the molecule is Cc1ccc(S(=O)(=O)O)c(CC2CCC(NS(=O)(=O)CC3CC3)CC2)c1. The summed E-state index contributed by atoms with van der Waals surface area (Å²) in [5, 5.41) is 0. The highest BCUT2D eigenvalue weighted by molar-refractivity contribution is 7.89. The van der Waals surface area contributed by atoms with Crippen molar-refractivity contribution in [2.45, 2.75) is 62.8 Å². The molecular formula is C18H27NO5S2. The number of sulfonamides is 1. The van der Waals surface area contributed by atoms with Gasteiger partial charge in [0.15, 0.2) is 0 Å². The Morgan fingerprint density at radius 1 is 1.00 bits per heavy atom. The summed E-state index contributed by atoms with van der Waals surface area (Å²) in [6.45, 7) is 1.89. The quantitative estimate of drug-likeness (QED) is 0.684. The summed E-state index contributed by atoms with van der Waals surface area (Å²) in [4.78, 5) is -0.0182. The second-order valence-electron chi connectivity index (χ2n) is 7.85. The van der Waals surface area contributed by atoms with E-state index in [9.17, 15) is 21.4 Å². The molecule has 8 heteroatoms. The lowest BCUT2D eigenvalue weighted by Crippen LogP contribution is -2.39.